The number of carbonyl (C=O) groups is 1. The number of aliphatic carboxylic acids is 1. The van der Waals surface area contributed by atoms with Gasteiger partial charge < -0.3 is 10.0 Å². The van der Waals surface area contributed by atoms with Crippen LogP contribution in [0.3, 0.4) is 0 Å². The Morgan fingerprint density at radius 1 is 1.52 bits per heavy atom. The molecule has 1 unspecified atom stereocenters. The lowest BCUT2D eigenvalue weighted by molar-refractivity contribution is -0.384. The highest BCUT2D eigenvalue weighted by atomic mass is 35.5. The number of hydrogen-bond acceptors (Lipinski definition) is 4. The summed E-state index contributed by atoms with van der Waals surface area (Å²) in [7, 11) is 0. The van der Waals surface area contributed by atoms with Crippen LogP contribution in [0.15, 0.2) is 18.2 Å². The monoisotopic (exact) mass is 312 g/mol. The summed E-state index contributed by atoms with van der Waals surface area (Å²) in [4.78, 5) is 23.3. The largest absolute Gasteiger partial charge is 0.481 e. The molecule has 0 radical (unpaired) electrons. The van der Waals surface area contributed by atoms with E-state index >= 15 is 0 Å². The minimum atomic E-state index is -0.805. The molecule has 21 heavy (non-hydrogen) atoms. The van der Waals surface area contributed by atoms with E-state index in [9.17, 15) is 14.9 Å². The first kappa shape index (κ1) is 15.6. The number of rotatable bonds is 5. The highest BCUT2D eigenvalue weighted by Crippen LogP contribution is 2.34. The lowest BCUT2D eigenvalue weighted by atomic mass is 9.93. The average Bonchev–Trinajstić information content (AvgIpc) is 2.45. The van der Waals surface area contributed by atoms with Crippen molar-refractivity contribution in [1.29, 1.82) is 0 Å². The van der Waals surface area contributed by atoms with E-state index in [1.165, 1.54) is 12.1 Å². The molecule has 1 fully saturated rings. The van der Waals surface area contributed by atoms with E-state index in [2.05, 4.69) is 0 Å². The second-order valence-electron chi connectivity index (χ2n) is 5.28. The molecule has 1 aliphatic heterocycles. The molecule has 1 aromatic carbocycles. The molecular formula is C14H17ClN2O4. The van der Waals surface area contributed by atoms with E-state index in [-0.39, 0.29) is 18.0 Å². The van der Waals surface area contributed by atoms with Crippen molar-refractivity contribution < 1.29 is 14.8 Å². The van der Waals surface area contributed by atoms with Gasteiger partial charge in [-0.15, -0.1) is 0 Å². The van der Waals surface area contributed by atoms with E-state index in [1.54, 1.807) is 6.07 Å². The number of benzene rings is 1. The van der Waals surface area contributed by atoms with Crippen molar-refractivity contribution in [3.8, 4) is 0 Å². The van der Waals surface area contributed by atoms with E-state index in [0.717, 1.165) is 19.4 Å². The molecule has 1 saturated heterocycles. The van der Waals surface area contributed by atoms with Crippen molar-refractivity contribution in [1.82, 2.24) is 0 Å². The highest BCUT2D eigenvalue weighted by Gasteiger charge is 2.26. The van der Waals surface area contributed by atoms with E-state index < -0.39 is 10.9 Å². The van der Waals surface area contributed by atoms with Crippen molar-refractivity contribution >= 4 is 28.9 Å². The number of nitro groups is 1. The highest BCUT2D eigenvalue weighted by molar-refractivity contribution is 6.31. The fourth-order valence-corrected chi connectivity index (χ4v) is 2.92. The standard InChI is InChI=1S/C14H17ClN2O4/c15-11-4-5-12(17(20)21)13(8-11)16-7-1-2-10(9-16)3-6-14(18)19/h4-5,8,10H,1-3,6-7,9H2,(H,18,19). The van der Waals surface area contributed by atoms with Crippen molar-refractivity contribution in [2.75, 3.05) is 18.0 Å². The molecule has 2 rings (SSSR count). The van der Waals surface area contributed by atoms with Crippen LogP contribution in [0.5, 0.6) is 0 Å². The molecule has 6 nitrogen and oxygen atoms in total. The average molecular weight is 313 g/mol. The molecule has 0 aromatic heterocycles. The van der Waals surface area contributed by atoms with Crippen molar-refractivity contribution in [2.24, 2.45) is 5.92 Å². The first-order valence-corrected chi connectivity index (χ1v) is 7.26. The van der Waals surface area contributed by atoms with Gasteiger partial charge >= 0.3 is 5.97 Å². The Labute approximate surface area is 127 Å². The van der Waals surface area contributed by atoms with E-state index in [4.69, 9.17) is 16.7 Å². The number of nitro benzene ring substituents is 1. The van der Waals surface area contributed by atoms with Gasteiger partial charge in [0.15, 0.2) is 0 Å². The summed E-state index contributed by atoms with van der Waals surface area (Å²) in [6.07, 6.45) is 2.59. The zero-order chi connectivity index (χ0) is 15.4. The normalized spacial score (nSPS) is 18.5. The van der Waals surface area contributed by atoms with Gasteiger partial charge in [-0.1, -0.05) is 11.6 Å². The number of nitrogens with zero attached hydrogens (tertiary/aromatic N) is 2. The van der Waals surface area contributed by atoms with E-state index in [0.29, 0.717) is 23.7 Å². The minimum absolute atomic E-state index is 0.0401. The summed E-state index contributed by atoms with van der Waals surface area (Å²) < 4.78 is 0. The van der Waals surface area contributed by atoms with Crippen LogP contribution in [0.1, 0.15) is 25.7 Å². The SMILES string of the molecule is O=C(O)CCC1CCCN(c2cc(Cl)ccc2[N+](=O)[O-])C1. The summed E-state index contributed by atoms with van der Waals surface area (Å²) in [5.41, 5.74) is 0.561. The first-order valence-electron chi connectivity index (χ1n) is 6.88. The van der Waals surface area contributed by atoms with Gasteiger partial charge in [-0.25, -0.2) is 0 Å². The Morgan fingerprint density at radius 3 is 2.95 bits per heavy atom. The molecule has 1 atom stereocenters. The summed E-state index contributed by atoms with van der Waals surface area (Å²) in [6, 6.07) is 4.53. The molecule has 7 heteroatoms. The van der Waals surface area contributed by atoms with Crippen LogP contribution in [0.4, 0.5) is 11.4 Å². The Balaban J connectivity index is 2.15. The van der Waals surface area contributed by atoms with Gasteiger partial charge in [0, 0.05) is 30.6 Å². The lowest BCUT2D eigenvalue weighted by Gasteiger charge is -2.34. The number of anilines is 1. The van der Waals surface area contributed by atoms with Crippen LogP contribution in [0.2, 0.25) is 5.02 Å². The van der Waals surface area contributed by atoms with Crippen molar-refractivity contribution in [3.63, 3.8) is 0 Å². The molecule has 1 aromatic rings. The topological polar surface area (TPSA) is 83.7 Å². The molecule has 0 spiro atoms. The van der Waals surface area contributed by atoms with Crippen LogP contribution in [-0.2, 0) is 4.79 Å². The summed E-state index contributed by atoms with van der Waals surface area (Å²) in [5, 5.41) is 20.4. The summed E-state index contributed by atoms with van der Waals surface area (Å²) in [5.74, 6) is -0.561. The van der Waals surface area contributed by atoms with Gasteiger partial charge in [-0.3, -0.25) is 14.9 Å². The Morgan fingerprint density at radius 2 is 2.29 bits per heavy atom. The molecule has 1 heterocycles. The van der Waals surface area contributed by atoms with Gasteiger partial charge in [0.2, 0.25) is 0 Å². The van der Waals surface area contributed by atoms with Crippen LogP contribution in [-0.4, -0.2) is 29.1 Å². The lowest BCUT2D eigenvalue weighted by Crippen LogP contribution is -2.36. The van der Waals surface area contributed by atoms with Gasteiger partial charge in [-0.2, -0.15) is 0 Å². The maximum Gasteiger partial charge on any atom is 0.303 e. The minimum Gasteiger partial charge on any atom is -0.481 e. The van der Waals surface area contributed by atoms with Gasteiger partial charge in [0.25, 0.3) is 5.69 Å². The van der Waals surface area contributed by atoms with Gasteiger partial charge in [0.05, 0.1) is 4.92 Å². The Kier molecular flexibility index (Phi) is 5.01. The molecule has 1 aliphatic rings. The molecule has 114 valence electrons. The zero-order valence-electron chi connectivity index (χ0n) is 11.5. The molecule has 0 amide bonds. The number of carboxylic acids is 1. The maximum absolute atomic E-state index is 11.1. The van der Waals surface area contributed by atoms with Crippen molar-refractivity contribution in [2.45, 2.75) is 25.7 Å². The maximum atomic E-state index is 11.1. The molecule has 0 saturated carbocycles. The zero-order valence-corrected chi connectivity index (χ0v) is 12.3. The number of hydrogen-bond donors (Lipinski definition) is 1. The smallest absolute Gasteiger partial charge is 0.303 e. The number of piperidine rings is 1. The van der Waals surface area contributed by atoms with Crippen LogP contribution < -0.4 is 4.90 Å². The Bertz CT molecular complexity index is 550. The first-order chi connectivity index (χ1) is 9.97. The second kappa shape index (κ2) is 6.76. The third-order valence-electron chi connectivity index (χ3n) is 3.76. The van der Waals surface area contributed by atoms with Crippen LogP contribution >= 0.6 is 11.6 Å². The van der Waals surface area contributed by atoms with Crippen LogP contribution in [0.25, 0.3) is 0 Å². The number of halogens is 1. The second-order valence-corrected chi connectivity index (χ2v) is 5.71. The van der Waals surface area contributed by atoms with Gasteiger partial charge in [0.1, 0.15) is 5.69 Å². The van der Waals surface area contributed by atoms with Crippen LogP contribution in [0, 0.1) is 16.0 Å². The quantitative estimate of drug-likeness (QED) is 0.666. The summed E-state index contributed by atoms with van der Waals surface area (Å²) >= 11 is 5.95. The molecule has 0 bridgehead atoms. The predicted octanol–water partition coefficient (Wildman–Crippen LogP) is 3.33. The molecular weight excluding hydrogens is 296 g/mol. The molecule has 0 aliphatic carbocycles. The summed E-state index contributed by atoms with van der Waals surface area (Å²) in [6.45, 7) is 1.36. The fraction of sp³-hybridized carbons (Fsp3) is 0.500. The predicted molar refractivity (Wildman–Crippen MR) is 79.9 cm³/mol. The number of carboxylic acid groups (broad SMARTS) is 1. The van der Waals surface area contributed by atoms with Gasteiger partial charge in [-0.05, 0) is 37.3 Å². The fourth-order valence-electron chi connectivity index (χ4n) is 2.75. The van der Waals surface area contributed by atoms with Crippen molar-refractivity contribution in [3.05, 3.63) is 33.3 Å². The third-order valence-corrected chi connectivity index (χ3v) is 4.00. The third kappa shape index (κ3) is 4.07. The molecule has 1 N–H and O–H groups in total. The van der Waals surface area contributed by atoms with E-state index in [1.807, 2.05) is 4.90 Å². The Hall–Kier alpha value is -1.82.